The van der Waals surface area contributed by atoms with Crippen molar-refractivity contribution < 1.29 is 28.7 Å². The minimum Gasteiger partial charge on any atom is -0.482 e. The summed E-state index contributed by atoms with van der Waals surface area (Å²) in [5, 5.41) is 4.65. The molecule has 0 unspecified atom stereocenters. The molecule has 3 amide bonds. The lowest BCUT2D eigenvalue weighted by molar-refractivity contribution is -0.148. The molecule has 1 heterocycles. The molecule has 0 aromatic heterocycles. The van der Waals surface area contributed by atoms with E-state index in [4.69, 9.17) is 9.47 Å². The summed E-state index contributed by atoms with van der Waals surface area (Å²) >= 11 is 0. The number of para-hydroxylation sites is 2. The molecule has 1 aliphatic rings. The van der Waals surface area contributed by atoms with Gasteiger partial charge in [-0.05, 0) is 12.1 Å². The van der Waals surface area contributed by atoms with Gasteiger partial charge in [-0.3, -0.25) is 19.2 Å². The second kappa shape index (κ2) is 8.67. The minimum absolute atomic E-state index is 0.0667. The van der Waals surface area contributed by atoms with E-state index in [-0.39, 0.29) is 37.9 Å². The Morgan fingerprint density at radius 1 is 1.24 bits per heavy atom. The van der Waals surface area contributed by atoms with Gasteiger partial charge in [0.05, 0.1) is 18.7 Å². The Balaban J connectivity index is 1.77. The maximum absolute atomic E-state index is 12.0. The number of nitrogens with one attached hydrogen (secondary N) is 2. The average Bonchev–Trinajstić information content (AvgIpc) is 2.63. The molecular formula is C16H19N3O6. The van der Waals surface area contributed by atoms with E-state index >= 15 is 0 Å². The van der Waals surface area contributed by atoms with Crippen LogP contribution in [0.2, 0.25) is 0 Å². The van der Waals surface area contributed by atoms with E-state index in [2.05, 4.69) is 10.6 Å². The van der Waals surface area contributed by atoms with Crippen LogP contribution in [0.5, 0.6) is 5.75 Å². The molecular weight excluding hydrogens is 330 g/mol. The van der Waals surface area contributed by atoms with Crippen LogP contribution in [0, 0.1) is 0 Å². The highest BCUT2D eigenvalue weighted by Crippen LogP contribution is 2.31. The van der Waals surface area contributed by atoms with Crippen molar-refractivity contribution in [3.05, 3.63) is 24.3 Å². The molecule has 1 aromatic carbocycles. The first-order chi connectivity index (χ1) is 12.0. The molecule has 0 atom stereocenters. The lowest BCUT2D eigenvalue weighted by atomic mass is 10.2. The molecule has 1 aliphatic heterocycles. The SMILES string of the molecule is CNC(=O)CNC(=O)COC(=O)CCN1C(=O)COc2ccccc21. The van der Waals surface area contributed by atoms with E-state index < -0.39 is 18.5 Å². The normalized spacial score (nSPS) is 12.7. The van der Waals surface area contributed by atoms with E-state index in [1.807, 2.05) is 0 Å². The predicted molar refractivity (Wildman–Crippen MR) is 86.9 cm³/mol. The Morgan fingerprint density at radius 3 is 2.76 bits per heavy atom. The third-order valence-electron chi connectivity index (χ3n) is 3.44. The largest absolute Gasteiger partial charge is 0.482 e. The molecule has 134 valence electrons. The van der Waals surface area contributed by atoms with Crippen molar-refractivity contribution in [1.82, 2.24) is 10.6 Å². The predicted octanol–water partition coefficient (Wildman–Crippen LogP) is -0.792. The smallest absolute Gasteiger partial charge is 0.308 e. The maximum Gasteiger partial charge on any atom is 0.308 e. The van der Waals surface area contributed by atoms with Crippen LogP contribution in [0.25, 0.3) is 0 Å². The Kier molecular flexibility index (Phi) is 6.33. The number of carbonyl (C=O) groups is 4. The molecule has 9 nitrogen and oxygen atoms in total. The van der Waals surface area contributed by atoms with Crippen LogP contribution in [0.1, 0.15) is 6.42 Å². The van der Waals surface area contributed by atoms with Crippen molar-refractivity contribution in [3.63, 3.8) is 0 Å². The molecule has 1 aromatic rings. The number of hydrogen-bond donors (Lipinski definition) is 2. The molecule has 0 fully saturated rings. The Hall–Kier alpha value is -3.10. The van der Waals surface area contributed by atoms with E-state index in [1.54, 1.807) is 24.3 Å². The topological polar surface area (TPSA) is 114 Å². The van der Waals surface area contributed by atoms with Crippen molar-refractivity contribution in [2.45, 2.75) is 6.42 Å². The Labute approximate surface area is 144 Å². The highest BCUT2D eigenvalue weighted by Gasteiger charge is 2.25. The zero-order chi connectivity index (χ0) is 18.2. The van der Waals surface area contributed by atoms with E-state index in [0.29, 0.717) is 11.4 Å². The van der Waals surface area contributed by atoms with Gasteiger partial charge in [0, 0.05) is 13.6 Å². The average molecular weight is 349 g/mol. The number of fused-ring (bicyclic) bond motifs is 1. The standard InChI is InChI=1S/C16H19N3O6/c1-17-13(20)8-18-14(21)9-25-16(23)6-7-19-11-4-2-3-5-12(11)24-10-15(19)22/h2-5H,6-10H2,1H3,(H,17,20)(H,18,21). The second-order valence-corrected chi connectivity index (χ2v) is 5.16. The number of esters is 1. The molecule has 0 spiro atoms. The molecule has 0 bridgehead atoms. The van der Waals surface area contributed by atoms with Crippen LogP contribution in [-0.2, 0) is 23.9 Å². The monoisotopic (exact) mass is 349 g/mol. The van der Waals surface area contributed by atoms with Gasteiger partial charge in [0.15, 0.2) is 13.2 Å². The number of rotatable bonds is 7. The van der Waals surface area contributed by atoms with Gasteiger partial charge in [0.2, 0.25) is 5.91 Å². The number of carbonyl (C=O) groups excluding carboxylic acids is 4. The summed E-state index contributed by atoms with van der Waals surface area (Å²) in [7, 11) is 1.44. The van der Waals surface area contributed by atoms with Gasteiger partial charge in [-0.2, -0.15) is 0 Å². The Bertz CT molecular complexity index is 676. The molecule has 2 rings (SSSR count). The number of anilines is 1. The van der Waals surface area contributed by atoms with Gasteiger partial charge < -0.3 is 25.0 Å². The zero-order valence-electron chi connectivity index (χ0n) is 13.7. The van der Waals surface area contributed by atoms with Gasteiger partial charge in [-0.1, -0.05) is 12.1 Å². The lowest BCUT2D eigenvalue weighted by Gasteiger charge is -2.28. The molecule has 0 saturated carbocycles. The fraction of sp³-hybridized carbons (Fsp3) is 0.375. The van der Waals surface area contributed by atoms with Crippen molar-refractivity contribution in [2.75, 3.05) is 38.3 Å². The highest BCUT2D eigenvalue weighted by molar-refractivity contribution is 5.98. The maximum atomic E-state index is 12.0. The number of benzene rings is 1. The van der Waals surface area contributed by atoms with Crippen LogP contribution in [0.15, 0.2) is 24.3 Å². The van der Waals surface area contributed by atoms with Crippen molar-refractivity contribution in [3.8, 4) is 5.75 Å². The van der Waals surface area contributed by atoms with Gasteiger partial charge in [-0.15, -0.1) is 0 Å². The number of likely N-dealkylation sites (N-methyl/N-ethyl adjacent to an activating group) is 1. The third-order valence-corrected chi connectivity index (χ3v) is 3.44. The fourth-order valence-corrected chi connectivity index (χ4v) is 2.14. The van der Waals surface area contributed by atoms with Crippen LogP contribution < -0.4 is 20.3 Å². The zero-order valence-corrected chi connectivity index (χ0v) is 13.7. The van der Waals surface area contributed by atoms with Gasteiger partial charge in [0.25, 0.3) is 11.8 Å². The van der Waals surface area contributed by atoms with E-state index in [9.17, 15) is 19.2 Å². The van der Waals surface area contributed by atoms with Crippen LogP contribution in [0.4, 0.5) is 5.69 Å². The molecule has 0 radical (unpaired) electrons. The number of hydrogen-bond acceptors (Lipinski definition) is 6. The van der Waals surface area contributed by atoms with Gasteiger partial charge in [0.1, 0.15) is 5.75 Å². The second-order valence-electron chi connectivity index (χ2n) is 5.16. The summed E-state index contributed by atoms with van der Waals surface area (Å²) in [5.41, 5.74) is 0.592. The Morgan fingerprint density at radius 2 is 2.00 bits per heavy atom. The van der Waals surface area contributed by atoms with Crippen molar-refractivity contribution in [1.29, 1.82) is 0 Å². The first kappa shape index (κ1) is 18.2. The van der Waals surface area contributed by atoms with Crippen molar-refractivity contribution in [2.24, 2.45) is 0 Å². The highest BCUT2D eigenvalue weighted by atomic mass is 16.5. The van der Waals surface area contributed by atoms with Crippen LogP contribution in [-0.4, -0.2) is 57.0 Å². The third kappa shape index (κ3) is 5.20. The summed E-state index contributed by atoms with van der Waals surface area (Å²) < 4.78 is 10.1. The first-order valence-electron chi connectivity index (χ1n) is 7.66. The molecule has 0 saturated heterocycles. The summed E-state index contributed by atoms with van der Waals surface area (Å²) in [6, 6.07) is 7.02. The number of amides is 3. The van der Waals surface area contributed by atoms with E-state index in [0.717, 1.165) is 0 Å². The summed E-state index contributed by atoms with van der Waals surface area (Å²) in [4.78, 5) is 47.6. The minimum atomic E-state index is -0.619. The van der Waals surface area contributed by atoms with Crippen LogP contribution in [0.3, 0.4) is 0 Å². The van der Waals surface area contributed by atoms with Gasteiger partial charge in [-0.25, -0.2) is 0 Å². The fourth-order valence-electron chi connectivity index (χ4n) is 2.14. The van der Waals surface area contributed by atoms with Crippen molar-refractivity contribution >= 4 is 29.4 Å². The molecule has 25 heavy (non-hydrogen) atoms. The quantitative estimate of drug-likeness (QED) is 0.624. The van der Waals surface area contributed by atoms with Crippen LogP contribution >= 0.6 is 0 Å². The lowest BCUT2D eigenvalue weighted by Crippen LogP contribution is -2.40. The van der Waals surface area contributed by atoms with E-state index in [1.165, 1.54) is 11.9 Å². The van der Waals surface area contributed by atoms with Gasteiger partial charge >= 0.3 is 5.97 Å². The summed E-state index contributed by atoms with van der Waals surface area (Å²) in [6.07, 6.45) is -0.0667. The molecule has 9 heteroatoms. The summed E-state index contributed by atoms with van der Waals surface area (Å²) in [5.74, 6) is -1.24. The first-order valence-corrected chi connectivity index (χ1v) is 7.66. The summed E-state index contributed by atoms with van der Waals surface area (Å²) in [6.45, 7) is -0.638. The molecule has 0 aliphatic carbocycles. The number of ether oxygens (including phenoxy) is 2. The molecule has 2 N–H and O–H groups in total. The number of nitrogens with zero attached hydrogens (tertiary/aromatic N) is 1.